The predicted octanol–water partition coefficient (Wildman–Crippen LogP) is 5.09. The zero-order valence-corrected chi connectivity index (χ0v) is 37.6. The van der Waals surface area contributed by atoms with Crippen molar-refractivity contribution >= 4 is 156 Å². The minimum absolute atomic E-state index is 0. The first-order valence-corrected chi connectivity index (χ1v) is 20.0. The number of aromatic carboxylic acids is 1. The molecule has 1 unspecified atom stereocenters. The number of carboxylic acid groups (broad SMARTS) is 1. The minimum Gasteiger partial charge on any atom is -0.508 e. The lowest BCUT2D eigenvalue weighted by molar-refractivity contribution is 0.0582. The van der Waals surface area contributed by atoms with Crippen LogP contribution in [0.2, 0.25) is 10.3 Å². The van der Waals surface area contributed by atoms with Crippen LogP contribution in [-0.4, -0.2) is 142 Å². The summed E-state index contributed by atoms with van der Waals surface area (Å²) in [6, 6.07) is 14.0. The Hall–Kier alpha value is -4.54. The third-order valence-corrected chi connectivity index (χ3v) is 8.53. The van der Waals surface area contributed by atoms with Crippen molar-refractivity contribution in [2.75, 3.05) is 14.2 Å². The molecule has 2 aromatic carbocycles. The largest absolute Gasteiger partial charge is 0.508 e. The zero-order valence-electron chi connectivity index (χ0n) is 31.3. The normalized spacial score (nSPS) is 9.76. The van der Waals surface area contributed by atoms with Gasteiger partial charge in [0.05, 0.1) is 14.2 Å². The topological polar surface area (TPSA) is 251 Å². The molecule has 63 heavy (non-hydrogen) atoms. The Morgan fingerprint density at radius 3 is 1.49 bits per heavy atom. The van der Waals surface area contributed by atoms with Gasteiger partial charge in [-0.25, -0.2) is 48.5 Å². The number of ether oxygens (including phenoxy) is 3. The molecule has 17 nitrogen and oxygen atoms in total. The summed E-state index contributed by atoms with van der Waals surface area (Å²) >= 11 is 21.3. The van der Waals surface area contributed by atoms with Crippen molar-refractivity contribution in [3.8, 4) is 17.4 Å². The summed E-state index contributed by atoms with van der Waals surface area (Å²) in [5.74, 6) is -1.36. The van der Waals surface area contributed by atoms with Gasteiger partial charge in [0.1, 0.15) is 11.5 Å². The van der Waals surface area contributed by atoms with E-state index in [9.17, 15) is 23.4 Å². The maximum atomic E-state index is 11.5. The number of esters is 2. The first-order chi connectivity index (χ1) is 28.8. The van der Waals surface area contributed by atoms with Gasteiger partial charge in [0.25, 0.3) is 5.88 Å². The van der Waals surface area contributed by atoms with Gasteiger partial charge in [-0.3, -0.25) is 4.79 Å². The Morgan fingerprint density at radius 2 is 1.17 bits per heavy atom. The van der Waals surface area contributed by atoms with Gasteiger partial charge in [-0.05, 0) is 60.7 Å². The predicted molar refractivity (Wildman–Crippen MR) is 260 cm³/mol. The van der Waals surface area contributed by atoms with Crippen LogP contribution in [0.15, 0.2) is 94.7 Å². The van der Waals surface area contributed by atoms with E-state index in [-0.39, 0.29) is 60.1 Å². The highest BCUT2D eigenvalue weighted by molar-refractivity contribution is 9.10. The number of carboxylic acids is 1. The van der Waals surface area contributed by atoms with E-state index in [2.05, 4.69) is 83.5 Å². The van der Waals surface area contributed by atoms with Crippen LogP contribution in [0.1, 0.15) is 46.3 Å². The van der Waals surface area contributed by atoms with Crippen LogP contribution >= 0.6 is 67.3 Å². The van der Waals surface area contributed by atoms with Gasteiger partial charge >= 0.3 is 17.9 Å². The summed E-state index contributed by atoms with van der Waals surface area (Å²) in [7, 11) is 20.6. The highest BCUT2D eigenvalue weighted by Gasteiger charge is 2.16. The van der Waals surface area contributed by atoms with Crippen molar-refractivity contribution in [3.63, 3.8) is 0 Å². The first kappa shape index (κ1) is 62.8. The number of nitrogens with zero attached hydrogens (tertiary/aromatic N) is 6. The fourth-order valence-electron chi connectivity index (χ4n) is 2.86. The number of carbonyl (C=O) groups excluding carboxylic acids is 3. The van der Waals surface area contributed by atoms with Gasteiger partial charge in [0.2, 0.25) is 11.3 Å². The van der Waals surface area contributed by atoms with Gasteiger partial charge in [0.15, 0.2) is 31.5 Å². The minimum atomic E-state index is -3.52. The number of phenolic OH excluding ortho intramolecular Hbond substituents is 1. The first-order valence-electron chi connectivity index (χ1n) is 15.7. The molecule has 9 radical (unpaired) electrons. The fourth-order valence-corrected chi connectivity index (χ4v) is 3.91. The second-order valence-electron chi connectivity index (χ2n) is 10.0. The fraction of sp³-hybridized carbons (Fsp3) is 0.121. The van der Waals surface area contributed by atoms with E-state index in [4.69, 9.17) is 73.7 Å². The number of halogens is 4. The third kappa shape index (κ3) is 27.3. The van der Waals surface area contributed by atoms with E-state index in [0.29, 0.717) is 11.5 Å². The summed E-state index contributed by atoms with van der Waals surface area (Å²) < 4.78 is 35.9. The van der Waals surface area contributed by atoms with Gasteiger partial charge in [-0.1, -0.05) is 69.9 Å². The quantitative estimate of drug-likeness (QED) is 0.0792. The summed E-state index contributed by atoms with van der Waals surface area (Å²) in [5, 5.41) is 17.1. The molecule has 0 bridgehead atoms. The van der Waals surface area contributed by atoms with Crippen LogP contribution in [0.3, 0.4) is 0 Å². The maximum absolute atomic E-state index is 11.5. The second kappa shape index (κ2) is 34.9. The molecule has 0 fully saturated rings. The lowest BCUT2D eigenvalue weighted by Crippen LogP contribution is -2.43. The average molecular weight is 1060 g/mol. The zero-order chi connectivity index (χ0) is 46.5. The van der Waals surface area contributed by atoms with Crippen molar-refractivity contribution in [1.29, 1.82) is 0 Å². The lowest BCUT2D eigenvalue weighted by Gasteiger charge is -2.07. The maximum Gasteiger partial charge on any atom is 0.362 e. The van der Waals surface area contributed by atoms with Gasteiger partial charge in [-0.2, -0.15) is 0 Å². The molecule has 3 heterocycles. The van der Waals surface area contributed by atoms with Crippen LogP contribution in [0.5, 0.6) is 17.4 Å². The monoisotopic (exact) mass is 1060 g/mol. The highest BCUT2D eigenvalue weighted by atomic mass is 79.9. The van der Waals surface area contributed by atoms with Crippen molar-refractivity contribution in [2.45, 2.75) is 14.9 Å². The average Bonchev–Trinajstić information content (AvgIpc) is 3.26. The number of hydrogen-bond donors (Lipinski definition) is 3. The molecule has 0 aliphatic heterocycles. The molecule has 321 valence electrons. The number of phenols is 1. The van der Waals surface area contributed by atoms with E-state index in [0.717, 1.165) is 8.95 Å². The van der Waals surface area contributed by atoms with Crippen molar-refractivity contribution in [2.24, 2.45) is 0 Å². The van der Waals surface area contributed by atoms with Gasteiger partial charge < -0.3 is 29.0 Å². The molecule has 5 rings (SSSR count). The Bertz CT molecular complexity index is 2290. The van der Waals surface area contributed by atoms with E-state index in [1.807, 2.05) is 12.1 Å². The van der Waals surface area contributed by atoms with E-state index < -0.39 is 34.1 Å². The van der Waals surface area contributed by atoms with E-state index in [1.165, 1.54) is 62.8 Å². The molecule has 0 saturated carbocycles. The van der Waals surface area contributed by atoms with E-state index >= 15 is 0 Å². The summed E-state index contributed by atoms with van der Waals surface area (Å²) in [4.78, 5) is 64.1. The Morgan fingerprint density at radius 1 is 0.778 bits per heavy atom. The number of aromatic nitrogens is 6. The standard InChI is InChI=1S/C12H9BrN2O3.C6H5BrO.C6H5ClN2O2.C5H3ClN2O2.C2H2O3S2.2CH4.B7/c1-17-12(16)10-11(15-7-6-14-10)18-9-4-2-8(13)3-5-9;7-5-1-3-6(8)4-2-5;1-11-6(10)4-5(7)9-3-2-8-4;6-4-3(5(9)10)7-1-2-8-4;3-1-7(4,5)2-6;;;1-5-7(4)6(2)3/h2-7H,1H3;1-4,8H;2-3H,1H3;1-2H,(H,9,10);1H,(H,4,5);2*1H4;. The number of benzene rings is 2. The Kier molecular flexibility index (Phi) is 34.8. The van der Waals surface area contributed by atoms with E-state index in [1.54, 1.807) is 36.4 Å². The van der Waals surface area contributed by atoms with Gasteiger partial charge in [-0.15, -0.1) is 0 Å². The second-order valence-corrected chi connectivity index (χ2v) is 14.6. The van der Waals surface area contributed by atoms with Crippen molar-refractivity contribution in [1.82, 2.24) is 29.9 Å². The molecule has 3 N–H and O–H groups in total. The molecule has 1 atom stereocenters. The SMILES string of the molecule is C.C.COC(=O)c1nccnc1Cl.COC(=O)c1nccnc1Oc1ccc(Br)cc1.O=C(O)c1nccnc1Cl.O=CS(=O)(O)=C=S.Oc1ccc(Br)cc1.[B][B]B([B])B([B])[B]. The van der Waals surface area contributed by atoms with Gasteiger partial charge in [0, 0.05) is 101 Å². The molecular weight excluding hydrogens is 1030 g/mol. The number of hydrogen-bond acceptors (Lipinski definition) is 16. The molecular formula is C33H32B7Br2Cl2N6O11S2. The van der Waals surface area contributed by atoms with Crippen LogP contribution in [-0.2, 0) is 24.1 Å². The number of aromatic hydroxyl groups is 1. The number of rotatable bonds is 8. The third-order valence-electron chi connectivity index (χ3n) is 5.70. The molecule has 0 saturated heterocycles. The van der Waals surface area contributed by atoms with Crippen molar-refractivity contribution < 1.29 is 52.4 Å². The van der Waals surface area contributed by atoms with Crippen LogP contribution in [0.25, 0.3) is 0 Å². The lowest BCUT2D eigenvalue weighted by atomic mass is 8.76. The van der Waals surface area contributed by atoms with Crippen LogP contribution in [0, 0.1) is 0 Å². The molecule has 0 amide bonds. The summed E-state index contributed by atoms with van der Waals surface area (Å²) in [6.07, 6.45) is 7.29. The number of thiocarbonyl (C=S) groups is 1. The molecule has 0 aliphatic carbocycles. The number of methoxy groups -OCH3 is 2. The van der Waals surface area contributed by atoms with Crippen LogP contribution < -0.4 is 4.74 Å². The summed E-state index contributed by atoms with van der Waals surface area (Å²) in [6.45, 7) is 0. The van der Waals surface area contributed by atoms with Crippen LogP contribution in [0.4, 0.5) is 0 Å². The smallest absolute Gasteiger partial charge is 0.362 e. The highest BCUT2D eigenvalue weighted by Crippen LogP contribution is 2.23. The van der Waals surface area contributed by atoms with Crippen molar-refractivity contribution in [3.05, 3.63) is 122 Å². The Labute approximate surface area is 403 Å². The molecule has 0 aliphatic rings. The Balaban J connectivity index is -0.000000709. The molecule has 30 heteroatoms. The number of carbonyl (C=O) groups is 4. The summed E-state index contributed by atoms with van der Waals surface area (Å²) in [5.41, 5.74) is -0.274. The molecule has 5 aromatic rings. The molecule has 3 aromatic heterocycles. The molecule has 0 spiro atoms.